The molecule has 18 heavy (non-hydrogen) atoms. The van der Waals surface area contributed by atoms with Crippen LogP contribution in [0.1, 0.15) is 18.9 Å². The molecule has 0 aliphatic heterocycles. The first kappa shape index (κ1) is 15.1. The fourth-order valence-electron chi connectivity index (χ4n) is 1.49. The highest BCUT2D eigenvalue weighted by Crippen LogP contribution is 2.24. The summed E-state index contributed by atoms with van der Waals surface area (Å²) in [6.45, 7) is -0.656. The van der Waals surface area contributed by atoms with Gasteiger partial charge in [-0.2, -0.15) is 8.78 Å². The molecule has 0 heterocycles. The quantitative estimate of drug-likeness (QED) is 0.806. The smallest absolute Gasteiger partial charge is 0.387 e. The molecule has 0 spiro atoms. The summed E-state index contributed by atoms with van der Waals surface area (Å²) >= 11 is 5.82. The summed E-state index contributed by atoms with van der Waals surface area (Å²) in [7, 11) is 0. The van der Waals surface area contributed by atoms with Crippen LogP contribution in [-0.4, -0.2) is 24.4 Å². The van der Waals surface area contributed by atoms with Gasteiger partial charge in [-0.15, -0.1) is 0 Å². The Morgan fingerprint density at radius 1 is 1.44 bits per heavy atom. The van der Waals surface area contributed by atoms with Crippen LogP contribution in [0, 0.1) is 0 Å². The lowest BCUT2D eigenvalue weighted by Gasteiger charge is -2.16. The maximum atomic E-state index is 12.2. The molecular weight excluding hydrogens is 264 g/mol. The zero-order valence-electron chi connectivity index (χ0n) is 10.00. The monoisotopic (exact) mass is 279 g/mol. The maximum Gasteiger partial charge on any atom is 0.387 e. The Morgan fingerprint density at radius 3 is 2.72 bits per heavy atom. The fraction of sp³-hybridized carbons (Fsp3) is 0.500. The van der Waals surface area contributed by atoms with E-state index in [1.807, 2.05) is 6.92 Å². The molecule has 0 aliphatic rings. The molecule has 1 atom stereocenters. The summed E-state index contributed by atoms with van der Waals surface area (Å²) in [6.07, 6.45) is 0.738. The third-order valence-electron chi connectivity index (χ3n) is 2.53. The highest BCUT2D eigenvalue weighted by molar-refractivity contribution is 6.30. The van der Waals surface area contributed by atoms with Crippen molar-refractivity contribution in [1.29, 1.82) is 0 Å². The maximum absolute atomic E-state index is 12.2. The van der Waals surface area contributed by atoms with E-state index in [2.05, 4.69) is 10.1 Å². The van der Waals surface area contributed by atoms with Gasteiger partial charge in [0.25, 0.3) is 0 Å². The Bertz CT molecular complexity index is 373. The normalized spacial score (nSPS) is 12.8. The van der Waals surface area contributed by atoms with Crippen LogP contribution in [0.5, 0.6) is 5.75 Å². The van der Waals surface area contributed by atoms with E-state index < -0.39 is 6.61 Å². The standard InChI is InChI=1S/C12H16ClF2NO2/c1-2-10(7-17)16-6-8-5-9(13)3-4-11(8)18-12(14)15/h3-5,10,12,16-17H,2,6-7H2,1H3/t10-/m1/s1. The van der Waals surface area contributed by atoms with Crippen LogP contribution < -0.4 is 10.1 Å². The highest BCUT2D eigenvalue weighted by atomic mass is 35.5. The Balaban J connectivity index is 2.75. The molecule has 0 amide bonds. The molecule has 0 radical (unpaired) electrons. The number of benzene rings is 1. The van der Waals surface area contributed by atoms with E-state index in [4.69, 9.17) is 16.7 Å². The molecule has 3 nitrogen and oxygen atoms in total. The van der Waals surface area contributed by atoms with Crippen molar-refractivity contribution in [1.82, 2.24) is 5.32 Å². The summed E-state index contributed by atoms with van der Waals surface area (Å²) in [6, 6.07) is 4.39. The molecular formula is C12H16ClF2NO2. The lowest BCUT2D eigenvalue weighted by Crippen LogP contribution is -2.31. The summed E-state index contributed by atoms with van der Waals surface area (Å²) in [5.41, 5.74) is 0.537. The highest BCUT2D eigenvalue weighted by Gasteiger charge is 2.11. The van der Waals surface area contributed by atoms with Gasteiger partial charge in [-0.25, -0.2) is 0 Å². The number of nitrogens with one attached hydrogen (secondary N) is 1. The van der Waals surface area contributed by atoms with E-state index in [-0.39, 0.29) is 18.4 Å². The topological polar surface area (TPSA) is 41.5 Å². The van der Waals surface area contributed by atoms with Gasteiger partial charge in [-0.1, -0.05) is 18.5 Å². The van der Waals surface area contributed by atoms with E-state index in [0.717, 1.165) is 6.42 Å². The lowest BCUT2D eigenvalue weighted by atomic mass is 10.1. The summed E-state index contributed by atoms with van der Waals surface area (Å²) < 4.78 is 28.8. The van der Waals surface area contributed by atoms with Crippen molar-refractivity contribution in [2.75, 3.05) is 6.61 Å². The number of aliphatic hydroxyl groups excluding tert-OH is 1. The molecule has 0 saturated carbocycles. The van der Waals surface area contributed by atoms with Gasteiger partial charge in [0.2, 0.25) is 0 Å². The van der Waals surface area contributed by atoms with Crippen molar-refractivity contribution >= 4 is 11.6 Å². The number of aliphatic hydroxyl groups is 1. The number of halogens is 3. The first-order valence-electron chi connectivity index (χ1n) is 5.64. The number of hydrogen-bond acceptors (Lipinski definition) is 3. The van der Waals surface area contributed by atoms with Gasteiger partial charge in [0.05, 0.1) is 6.61 Å². The van der Waals surface area contributed by atoms with E-state index in [1.165, 1.54) is 12.1 Å². The van der Waals surface area contributed by atoms with Crippen LogP contribution in [0.15, 0.2) is 18.2 Å². The van der Waals surface area contributed by atoms with Crippen LogP contribution >= 0.6 is 11.6 Å². The molecule has 6 heteroatoms. The van der Waals surface area contributed by atoms with E-state index in [0.29, 0.717) is 17.1 Å². The van der Waals surface area contributed by atoms with Gasteiger partial charge in [0.15, 0.2) is 0 Å². The Hall–Kier alpha value is -0.910. The minimum absolute atomic E-state index is 0.0118. The van der Waals surface area contributed by atoms with Crippen LogP contribution in [0.4, 0.5) is 8.78 Å². The predicted molar refractivity (Wildman–Crippen MR) is 66.1 cm³/mol. The average molecular weight is 280 g/mol. The largest absolute Gasteiger partial charge is 0.434 e. The lowest BCUT2D eigenvalue weighted by molar-refractivity contribution is -0.0505. The Labute approximate surface area is 110 Å². The molecule has 1 rings (SSSR count). The van der Waals surface area contributed by atoms with Crippen molar-refractivity contribution in [3.05, 3.63) is 28.8 Å². The second-order valence-electron chi connectivity index (χ2n) is 3.80. The number of ether oxygens (including phenoxy) is 1. The summed E-state index contributed by atoms with van der Waals surface area (Å²) in [5, 5.41) is 12.5. The van der Waals surface area contributed by atoms with Gasteiger partial charge in [-0.3, -0.25) is 0 Å². The molecule has 1 aromatic carbocycles. The fourth-order valence-corrected chi connectivity index (χ4v) is 1.68. The Morgan fingerprint density at radius 2 is 2.17 bits per heavy atom. The number of hydrogen-bond donors (Lipinski definition) is 2. The van der Waals surface area contributed by atoms with Crippen LogP contribution in [0.2, 0.25) is 5.02 Å². The minimum atomic E-state index is -2.87. The minimum Gasteiger partial charge on any atom is -0.434 e. The molecule has 0 bridgehead atoms. The molecule has 0 fully saturated rings. The van der Waals surface area contributed by atoms with Gasteiger partial charge >= 0.3 is 6.61 Å². The molecule has 0 aromatic heterocycles. The SMILES string of the molecule is CC[C@H](CO)NCc1cc(Cl)ccc1OC(F)F. The molecule has 0 saturated heterocycles. The van der Waals surface area contributed by atoms with Gasteiger partial charge in [0.1, 0.15) is 5.75 Å². The van der Waals surface area contributed by atoms with Crippen molar-refractivity contribution in [2.24, 2.45) is 0 Å². The van der Waals surface area contributed by atoms with Gasteiger partial charge in [0, 0.05) is 23.2 Å². The molecule has 0 aliphatic carbocycles. The van der Waals surface area contributed by atoms with Crippen LogP contribution in [-0.2, 0) is 6.54 Å². The first-order chi connectivity index (χ1) is 8.56. The first-order valence-corrected chi connectivity index (χ1v) is 6.02. The molecule has 1 aromatic rings. The van der Waals surface area contributed by atoms with Crippen LogP contribution in [0.3, 0.4) is 0 Å². The zero-order valence-corrected chi connectivity index (χ0v) is 10.8. The second kappa shape index (κ2) is 7.51. The average Bonchev–Trinajstić information content (AvgIpc) is 2.33. The third-order valence-corrected chi connectivity index (χ3v) is 2.77. The third kappa shape index (κ3) is 4.76. The molecule has 0 unspecified atom stereocenters. The predicted octanol–water partition coefficient (Wildman–Crippen LogP) is 2.80. The Kier molecular flexibility index (Phi) is 6.32. The number of alkyl halides is 2. The van der Waals surface area contributed by atoms with E-state index in [1.54, 1.807) is 6.07 Å². The summed E-state index contributed by atoms with van der Waals surface area (Å²) in [4.78, 5) is 0. The summed E-state index contributed by atoms with van der Waals surface area (Å²) in [5.74, 6) is 0.0923. The zero-order chi connectivity index (χ0) is 13.5. The second-order valence-corrected chi connectivity index (χ2v) is 4.24. The molecule has 102 valence electrons. The number of rotatable bonds is 7. The van der Waals surface area contributed by atoms with Crippen molar-refractivity contribution in [3.8, 4) is 5.75 Å². The van der Waals surface area contributed by atoms with Crippen molar-refractivity contribution in [3.63, 3.8) is 0 Å². The van der Waals surface area contributed by atoms with Crippen LogP contribution in [0.25, 0.3) is 0 Å². The molecule has 2 N–H and O–H groups in total. The van der Waals surface area contributed by atoms with Crippen molar-refractivity contribution in [2.45, 2.75) is 32.5 Å². The van der Waals surface area contributed by atoms with Gasteiger partial charge < -0.3 is 15.2 Å². The van der Waals surface area contributed by atoms with E-state index in [9.17, 15) is 8.78 Å². The van der Waals surface area contributed by atoms with Crippen molar-refractivity contribution < 1.29 is 18.6 Å². The van der Waals surface area contributed by atoms with E-state index >= 15 is 0 Å². The van der Waals surface area contributed by atoms with Gasteiger partial charge in [-0.05, 0) is 24.6 Å².